The van der Waals surface area contributed by atoms with Crippen molar-refractivity contribution in [2.24, 2.45) is 5.92 Å². The smallest absolute Gasteiger partial charge is 0.228 e. The molecule has 0 radical (unpaired) electrons. The van der Waals surface area contributed by atoms with E-state index in [1.165, 1.54) is 0 Å². The van der Waals surface area contributed by atoms with Gasteiger partial charge < -0.3 is 11.1 Å². The second-order valence-electron chi connectivity index (χ2n) is 4.24. The van der Waals surface area contributed by atoms with Gasteiger partial charge in [-0.25, -0.2) is 0 Å². The lowest BCUT2D eigenvalue weighted by atomic mass is 10.1. The molecule has 2 rings (SSSR count). The molecule has 1 amide bonds. The van der Waals surface area contributed by atoms with Crippen molar-refractivity contribution >= 4 is 45.0 Å². The molecule has 1 saturated heterocycles. The number of nitrogens with one attached hydrogen (secondary N) is 1. The average molecular weight is 315 g/mol. The monoisotopic (exact) mass is 314 g/mol. The highest BCUT2D eigenvalue weighted by Crippen LogP contribution is 2.30. The number of nitrogen functional groups attached to an aromatic ring is 1. The van der Waals surface area contributed by atoms with Crippen molar-refractivity contribution in [3.05, 3.63) is 22.2 Å². The summed E-state index contributed by atoms with van der Waals surface area (Å²) in [5.74, 6) is 2.23. The lowest BCUT2D eigenvalue weighted by Crippen LogP contribution is -2.22. The van der Waals surface area contributed by atoms with E-state index < -0.39 is 0 Å². The molecule has 17 heavy (non-hydrogen) atoms. The molecule has 1 aliphatic heterocycles. The van der Waals surface area contributed by atoms with Gasteiger partial charge in [0, 0.05) is 21.8 Å². The number of benzene rings is 1. The highest BCUT2D eigenvalue weighted by molar-refractivity contribution is 9.10. The zero-order valence-corrected chi connectivity index (χ0v) is 12.0. The maximum Gasteiger partial charge on any atom is 0.228 e. The van der Waals surface area contributed by atoms with E-state index in [0.717, 1.165) is 33.7 Å². The minimum Gasteiger partial charge on any atom is -0.398 e. The third kappa shape index (κ3) is 2.96. The van der Waals surface area contributed by atoms with Crippen LogP contribution in [0.15, 0.2) is 16.6 Å². The van der Waals surface area contributed by atoms with Crippen LogP contribution in [0.3, 0.4) is 0 Å². The number of hydrogen-bond acceptors (Lipinski definition) is 3. The first-order valence-electron chi connectivity index (χ1n) is 5.52. The van der Waals surface area contributed by atoms with Gasteiger partial charge in [0.15, 0.2) is 0 Å². The van der Waals surface area contributed by atoms with Gasteiger partial charge >= 0.3 is 0 Å². The Morgan fingerprint density at radius 2 is 2.35 bits per heavy atom. The van der Waals surface area contributed by atoms with Crippen molar-refractivity contribution in [3.63, 3.8) is 0 Å². The number of hydrogen-bond donors (Lipinski definition) is 2. The predicted octanol–water partition coefficient (Wildman–Crippen LogP) is 3.03. The number of nitrogens with two attached hydrogens (primary N) is 1. The molecule has 3 N–H and O–H groups in total. The summed E-state index contributed by atoms with van der Waals surface area (Å²) < 4.78 is 0.878. The zero-order chi connectivity index (χ0) is 12.4. The number of rotatable bonds is 2. The lowest BCUT2D eigenvalue weighted by molar-refractivity contribution is -0.119. The Morgan fingerprint density at radius 1 is 1.59 bits per heavy atom. The van der Waals surface area contributed by atoms with Crippen LogP contribution in [0.4, 0.5) is 11.4 Å². The molecule has 0 aromatic heterocycles. The summed E-state index contributed by atoms with van der Waals surface area (Å²) >= 11 is 5.28. The van der Waals surface area contributed by atoms with E-state index in [4.69, 9.17) is 5.73 Å². The second-order valence-corrected chi connectivity index (χ2v) is 6.24. The van der Waals surface area contributed by atoms with Crippen molar-refractivity contribution in [3.8, 4) is 0 Å². The number of carbonyl (C=O) groups is 1. The van der Waals surface area contributed by atoms with Crippen LogP contribution >= 0.6 is 27.7 Å². The van der Waals surface area contributed by atoms with Gasteiger partial charge in [-0.1, -0.05) is 0 Å². The maximum absolute atomic E-state index is 12.0. The molecule has 5 heteroatoms. The van der Waals surface area contributed by atoms with Crippen molar-refractivity contribution < 1.29 is 4.79 Å². The Bertz CT molecular complexity index is 444. The molecular weight excluding hydrogens is 300 g/mol. The maximum atomic E-state index is 12.0. The number of aryl methyl sites for hydroxylation is 1. The lowest BCUT2D eigenvalue weighted by Gasteiger charge is -2.13. The molecule has 0 spiro atoms. The molecule has 0 aliphatic carbocycles. The van der Waals surface area contributed by atoms with E-state index in [1.807, 2.05) is 24.8 Å². The summed E-state index contributed by atoms with van der Waals surface area (Å²) in [5, 5.41) is 2.94. The molecule has 1 fully saturated rings. The van der Waals surface area contributed by atoms with Gasteiger partial charge in [0.1, 0.15) is 0 Å². The third-order valence-electron chi connectivity index (χ3n) is 2.91. The van der Waals surface area contributed by atoms with Crippen molar-refractivity contribution in [1.82, 2.24) is 0 Å². The summed E-state index contributed by atoms with van der Waals surface area (Å²) in [6.07, 6.45) is 0.968. The number of halogens is 1. The number of amides is 1. The van der Waals surface area contributed by atoms with Crippen LogP contribution in [0.25, 0.3) is 0 Å². The van der Waals surface area contributed by atoms with Crippen LogP contribution in [0.2, 0.25) is 0 Å². The van der Waals surface area contributed by atoms with Crippen LogP contribution < -0.4 is 11.1 Å². The molecule has 1 unspecified atom stereocenters. The van der Waals surface area contributed by atoms with Crippen molar-refractivity contribution in [1.29, 1.82) is 0 Å². The Labute approximate surface area is 114 Å². The third-order valence-corrected chi connectivity index (χ3v) is 4.73. The van der Waals surface area contributed by atoms with E-state index in [0.29, 0.717) is 5.69 Å². The van der Waals surface area contributed by atoms with E-state index in [2.05, 4.69) is 21.2 Å². The summed E-state index contributed by atoms with van der Waals surface area (Å²) in [5.41, 5.74) is 8.31. The Morgan fingerprint density at radius 3 is 3.00 bits per heavy atom. The van der Waals surface area contributed by atoms with Gasteiger partial charge in [-0.3, -0.25) is 4.79 Å². The van der Waals surface area contributed by atoms with Gasteiger partial charge in [-0.15, -0.1) is 0 Å². The molecule has 1 aromatic rings. The second kappa shape index (κ2) is 5.31. The van der Waals surface area contributed by atoms with Crippen LogP contribution in [-0.4, -0.2) is 17.4 Å². The normalized spacial score (nSPS) is 19.3. The quantitative estimate of drug-likeness (QED) is 0.825. The molecule has 1 aromatic carbocycles. The van der Waals surface area contributed by atoms with Crippen LogP contribution in [0, 0.1) is 12.8 Å². The summed E-state index contributed by atoms with van der Waals surface area (Å²) in [7, 11) is 0. The fourth-order valence-electron chi connectivity index (χ4n) is 1.76. The fraction of sp³-hybridized carbons (Fsp3) is 0.417. The van der Waals surface area contributed by atoms with Gasteiger partial charge in [0.25, 0.3) is 0 Å². The highest BCUT2D eigenvalue weighted by atomic mass is 79.9. The van der Waals surface area contributed by atoms with Gasteiger partial charge in [0.05, 0.1) is 5.69 Å². The zero-order valence-electron chi connectivity index (χ0n) is 9.63. The molecular formula is C12H15BrN2OS. The van der Waals surface area contributed by atoms with Crippen LogP contribution in [-0.2, 0) is 4.79 Å². The van der Waals surface area contributed by atoms with E-state index in [1.54, 1.807) is 6.07 Å². The van der Waals surface area contributed by atoms with Gasteiger partial charge in [-0.2, -0.15) is 11.8 Å². The minimum absolute atomic E-state index is 0.0963. The molecule has 0 bridgehead atoms. The number of anilines is 2. The van der Waals surface area contributed by atoms with Crippen molar-refractivity contribution in [2.75, 3.05) is 22.6 Å². The predicted molar refractivity (Wildman–Crippen MR) is 77.4 cm³/mol. The standard InChI is InChI=1S/C12H15BrN2OS/c1-7-4-9(13)11(5-10(7)14)15-12(16)8-2-3-17-6-8/h4-5,8H,2-3,6,14H2,1H3,(H,15,16). The molecule has 1 aliphatic rings. The first-order chi connectivity index (χ1) is 8.08. The highest BCUT2D eigenvalue weighted by Gasteiger charge is 2.23. The first-order valence-corrected chi connectivity index (χ1v) is 7.47. The fourth-order valence-corrected chi connectivity index (χ4v) is 3.54. The van der Waals surface area contributed by atoms with E-state index in [-0.39, 0.29) is 11.8 Å². The van der Waals surface area contributed by atoms with Gasteiger partial charge in [0.2, 0.25) is 5.91 Å². The number of carbonyl (C=O) groups excluding carboxylic acids is 1. The molecule has 1 heterocycles. The van der Waals surface area contributed by atoms with Crippen molar-refractivity contribution in [2.45, 2.75) is 13.3 Å². The molecule has 0 saturated carbocycles. The summed E-state index contributed by atoms with van der Waals surface area (Å²) in [4.78, 5) is 12.0. The van der Waals surface area contributed by atoms with E-state index in [9.17, 15) is 4.79 Å². The SMILES string of the molecule is Cc1cc(Br)c(NC(=O)C2CCSC2)cc1N. The molecule has 3 nitrogen and oxygen atoms in total. The first kappa shape index (κ1) is 12.8. The van der Waals surface area contributed by atoms with Crippen LogP contribution in [0.1, 0.15) is 12.0 Å². The number of thioether (sulfide) groups is 1. The molecule has 1 atom stereocenters. The van der Waals surface area contributed by atoms with Crippen LogP contribution in [0.5, 0.6) is 0 Å². The Hall–Kier alpha value is -0.680. The minimum atomic E-state index is 0.0963. The summed E-state index contributed by atoms with van der Waals surface area (Å²) in [6, 6.07) is 3.73. The topological polar surface area (TPSA) is 55.1 Å². The average Bonchev–Trinajstić information content (AvgIpc) is 2.79. The Kier molecular flexibility index (Phi) is 3.99. The summed E-state index contributed by atoms with van der Waals surface area (Å²) in [6.45, 7) is 1.94. The van der Waals surface area contributed by atoms with E-state index >= 15 is 0 Å². The largest absolute Gasteiger partial charge is 0.398 e. The molecule has 92 valence electrons. The Balaban J connectivity index is 2.12. The van der Waals surface area contributed by atoms with Gasteiger partial charge in [-0.05, 0) is 52.7 Å².